The Morgan fingerprint density at radius 1 is 1.18 bits per heavy atom. The number of rotatable bonds is 3. The summed E-state index contributed by atoms with van der Waals surface area (Å²) in [5.41, 5.74) is 7.18. The molecule has 4 aromatic rings. The van der Waals surface area contributed by atoms with Crippen LogP contribution in [0.2, 0.25) is 0 Å². The fourth-order valence-corrected chi connectivity index (χ4v) is 3.32. The van der Waals surface area contributed by atoms with Gasteiger partial charge < -0.3 is 15.4 Å². The number of halogens is 3. The molecule has 3 N–H and O–H groups in total. The summed E-state index contributed by atoms with van der Waals surface area (Å²) in [5, 5.41) is 10.8. The van der Waals surface area contributed by atoms with Crippen molar-refractivity contribution in [3.63, 3.8) is 0 Å². The molecule has 0 aliphatic heterocycles. The van der Waals surface area contributed by atoms with Crippen molar-refractivity contribution in [2.75, 3.05) is 5.73 Å². The van der Waals surface area contributed by atoms with Crippen LogP contribution in [-0.2, 0) is 6.54 Å². The van der Waals surface area contributed by atoms with Crippen molar-refractivity contribution in [1.82, 2.24) is 14.5 Å². The molecule has 0 spiro atoms. The van der Waals surface area contributed by atoms with Crippen LogP contribution >= 0.6 is 0 Å². The SMILES string of the molecule is Nc1ncnc2c1c(-c1ccc3c(C(=O)O)cccc3c1)cn2CC(F)(F)F. The Balaban J connectivity index is 1.95. The van der Waals surface area contributed by atoms with Gasteiger partial charge in [-0.3, -0.25) is 0 Å². The van der Waals surface area contributed by atoms with E-state index in [1.807, 2.05) is 0 Å². The maximum atomic E-state index is 13.0. The molecule has 0 unspecified atom stereocenters. The van der Waals surface area contributed by atoms with Crippen molar-refractivity contribution in [2.24, 2.45) is 0 Å². The Morgan fingerprint density at radius 2 is 1.96 bits per heavy atom. The molecule has 4 rings (SSSR count). The summed E-state index contributed by atoms with van der Waals surface area (Å²) in [6.07, 6.45) is -1.97. The van der Waals surface area contributed by atoms with E-state index in [0.717, 1.165) is 10.9 Å². The third-order valence-electron chi connectivity index (χ3n) is 4.45. The van der Waals surface area contributed by atoms with E-state index in [1.54, 1.807) is 30.3 Å². The molecule has 0 saturated heterocycles. The van der Waals surface area contributed by atoms with Crippen molar-refractivity contribution in [2.45, 2.75) is 12.7 Å². The van der Waals surface area contributed by atoms with Gasteiger partial charge in [0, 0.05) is 11.8 Å². The minimum Gasteiger partial charge on any atom is -0.478 e. The molecule has 28 heavy (non-hydrogen) atoms. The molecule has 142 valence electrons. The van der Waals surface area contributed by atoms with Gasteiger partial charge >= 0.3 is 12.1 Å². The van der Waals surface area contributed by atoms with E-state index in [1.165, 1.54) is 12.3 Å². The topological polar surface area (TPSA) is 94.0 Å². The normalized spacial score (nSPS) is 12.0. The smallest absolute Gasteiger partial charge is 0.406 e. The summed E-state index contributed by atoms with van der Waals surface area (Å²) in [6, 6.07) is 9.82. The van der Waals surface area contributed by atoms with Gasteiger partial charge in [-0.2, -0.15) is 13.2 Å². The summed E-state index contributed by atoms with van der Waals surface area (Å²) in [7, 11) is 0. The van der Waals surface area contributed by atoms with Crippen LogP contribution in [0, 0.1) is 0 Å². The number of nitrogens with zero attached hydrogens (tertiary/aromatic N) is 3. The molecular formula is C19H13F3N4O2. The number of carbonyl (C=O) groups is 1. The van der Waals surface area contributed by atoms with Crippen LogP contribution in [0.3, 0.4) is 0 Å². The molecule has 0 atom stereocenters. The highest BCUT2D eigenvalue weighted by Gasteiger charge is 2.30. The number of aromatic nitrogens is 3. The molecule has 0 fully saturated rings. The van der Waals surface area contributed by atoms with Crippen LogP contribution < -0.4 is 5.73 Å². The Hall–Kier alpha value is -3.62. The van der Waals surface area contributed by atoms with Crippen molar-refractivity contribution in [1.29, 1.82) is 0 Å². The van der Waals surface area contributed by atoms with Crippen LogP contribution in [0.1, 0.15) is 10.4 Å². The lowest BCUT2D eigenvalue weighted by Crippen LogP contribution is -2.17. The van der Waals surface area contributed by atoms with Crippen molar-refractivity contribution in [3.8, 4) is 11.1 Å². The van der Waals surface area contributed by atoms with Gasteiger partial charge in [0.15, 0.2) is 0 Å². The van der Waals surface area contributed by atoms with Crippen LogP contribution in [0.25, 0.3) is 32.9 Å². The van der Waals surface area contributed by atoms with Gasteiger partial charge in [-0.15, -0.1) is 0 Å². The molecule has 6 nitrogen and oxygen atoms in total. The number of hydrogen-bond acceptors (Lipinski definition) is 4. The Morgan fingerprint density at radius 3 is 2.68 bits per heavy atom. The number of anilines is 1. The van der Waals surface area contributed by atoms with Gasteiger partial charge in [-0.25, -0.2) is 14.8 Å². The number of carboxylic acids is 1. The van der Waals surface area contributed by atoms with Crippen molar-refractivity contribution < 1.29 is 23.1 Å². The summed E-state index contributed by atoms with van der Waals surface area (Å²) in [6.45, 7) is -1.21. The van der Waals surface area contributed by atoms with Crippen LogP contribution in [0.15, 0.2) is 48.9 Å². The van der Waals surface area contributed by atoms with Crippen molar-refractivity contribution >= 4 is 33.6 Å². The highest BCUT2D eigenvalue weighted by atomic mass is 19.4. The standard InChI is InChI=1S/C19H13F3N4O2/c20-19(21,22)8-26-7-14(15-16(23)24-9-25-17(15)26)11-4-5-12-10(6-11)2-1-3-13(12)18(27)28/h1-7,9H,8H2,(H,27,28)(H2,23,24,25). The molecule has 0 radical (unpaired) electrons. The zero-order valence-electron chi connectivity index (χ0n) is 14.2. The van der Waals surface area contributed by atoms with E-state index in [4.69, 9.17) is 5.73 Å². The lowest BCUT2D eigenvalue weighted by molar-refractivity contribution is -0.139. The van der Waals surface area contributed by atoms with Gasteiger partial charge in [0.1, 0.15) is 24.3 Å². The summed E-state index contributed by atoms with van der Waals surface area (Å²) < 4.78 is 39.9. The maximum absolute atomic E-state index is 13.0. The number of benzene rings is 2. The predicted molar refractivity (Wildman–Crippen MR) is 97.9 cm³/mol. The predicted octanol–water partition coefficient (Wildman–Crippen LogP) is 4.09. The Labute approximate surface area is 156 Å². The minimum absolute atomic E-state index is 0.0697. The molecule has 0 amide bonds. The van der Waals surface area contributed by atoms with Crippen LogP contribution in [0.5, 0.6) is 0 Å². The quantitative estimate of drug-likeness (QED) is 0.553. The number of nitrogens with two attached hydrogens (primary N) is 1. The molecule has 2 aromatic carbocycles. The second kappa shape index (κ2) is 6.22. The first-order valence-corrected chi connectivity index (χ1v) is 8.17. The average molecular weight is 386 g/mol. The van der Waals surface area contributed by atoms with Crippen molar-refractivity contribution in [3.05, 3.63) is 54.5 Å². The highest BCUT2D eigenvalue weighted by molar-refractivity contribution is 6.06. The fourth-order valence-electron chi connectivity index (χ4n) is 3.32. The molecule has 2 aromatic heterocycles. The molecule has 0 saturated carbocycles. The molecule has 2 heterocycles. The van der Waals surface area contributed by atoms with E-state index < -0.39 is 18.7 Å². The number of alkyl halides is 3. The average Bonchev–Trinajstić information content (AvgIpc) is 2.99. The molecular weight excluding hydrogens is 373 g/mol. The lowest BCUT2D eigenvalue weighted by atomic mass is 9.98. The fraction of sp³-hybridized carbons (Fsp3) is 0.105. The summed E-state index contributed by atoms with van der Waals surface area (Å²) in [5.74, 6) is -0.988. The first-order chi connectivity index (χ1) is 13.2. The second-order valence-electron chi connectivity index (χ2n) is 6.29. The van der Waals surface area contributed by atoms with E-state index in [9.17, 15) is 23.1 Å². The largest absolute Gasteiger partial charge is 0.478 e. The van der Waals surface area contributed by atoms with E-state index in [0.29, 0.717) is 27.3 Å². The Kier molecular flexibility index (Phi) is 3.95. The number of hydrogen-bond donors (Lipinski definition) is 2. The molecule has 0 aliphatic carbocycles. The molecule has 0 bridgehead atoms. The summed E-state index contributed by atoms with van der Waals surface area (Å²) >= 11 is 0. The minimum atomic E-state index is -4.43. The Bertz CT molecular complexity index is 1230. The van der Waals surface area contributed by atoms with Crippen LogP contribution in [-0.4, -0.2) is 31.8 Å². The first kappa shape index (κ1) is 17.8. The monoisotopic (exact) mass is 386 g/mol. The third kappa shape index (κ3) is 3.00. The highest BCUT2D eigenvalue weighted by Crippen LogP contribution is 2.35. The first-order valence-electron chi connectivity index (χ1n) is 8.17. The number of nitrogen functional groups attached to an aromatic ring is 1. The number of aromatic carboxylic acids is 1. The third-order valence-corrected chi connectivity index (χ3v) is 4.45. The van der Waals surface area contributed by atoms with E-state index in [-0.39, 0.29) is 17.0 Å². The molecule has 0 aliphatic rings. The van der Waals surface area contributed by atoms with E-state index >= 15 is 0 Å². The zero-order chi connectivity index (χ0) is 20.1. The maximum Gasteiger partial charge on any atom is 0.406 e. The second-order valence-corrected chi connectivity index (χ2v) is 6.29. The van der Waals surface area contributed by atoms with Gasteiger partial charge in [0.05, 0.1) is 10.9 Å². The molecule has 9 heteroatoms. The van der Waals surface area contributed by atoms with Gasteiger partial charge in [-0.05, 0) is 28.5 Å². The zero-order valence-corrected chi connectivity index (χ0v) is 14.2. The lowest BCUT2D eigenvalue weighted by Gasteiger charge is -2.08. The summed E-state index contributed by atoms with van der Waals surface area (Å²) in [4.78, 5) is 19.2. The van der Waals surface area contributed by atoms with E-state index in [2.05, 4.69) is 9.97 Å². The van der Waals surface area contributed by atoms with Gasteiger partial charge in [-0.1, -0.05) is 24.3 Å². The van der Waals surface area contributed by atoms with Gasteiger partial charge in [0.25, 0.3) is 0 Å². The van der Waals surface area contributed by atoms with Crippen LogP contribution in [0.4, 0.5) is 19.0 Å². The number of carboxylic acid groups (broad SMARTS) is 1. The number of fused-ring (bicyclic) bond motifs is 2. The van der Waals surface area contributed by atoms with Gasteiger partial charge in [0.2, 0.25) is 0 Å².